The predicted octanol–water partition coefficient (Wildman–Crippen LogP) is 4.83. The summed E-state index contributed by atoms with van der Waals surface area (Å²) >= 11 is 0. The second-order valence-corrected chi connectivity index (χ2v) is 7.72. The topological polar surface area (TPSA) is 74.5 Å². The van der Waals surface area contributed by atoms with Gasteiger partial charge < -0.3 is 20.2 Å². The van der Waals surface area contributed by atoms with Crippen molar-refractivity contribution >= 4 is 22.8 Å². The summed E-state index contributed by atoms with van der Waals surface area (Å²) in [5.41, 5.74) is 5.75. The second kappa shape index (κ2) is 8.92. The molecule has 0 saturated heterocycles. The molecule has 1 aliphatic rings. The fraction of sp³-hybridized carbons (Fsp3) is 0.269. The highest BCUT2D eigenvalue weighted by atomic mass is 16.3. The van der Waals surface area contributed by atoms with Gasteiger partial charge in [0.25, 0.3) is 0 Å². The summed E-state index contributed by atoms with van der Waals surface area (Å²) in [4.78, 5) is 13.2. The van der Waals surface area contributed by atoms with Crippen LogP contribution >= 0.6 is 0 Å². The summed E-state index contributed by atoms with van der Waals surface area (Å²) < 4.78 is 6.43. The van der Waals surface area contributed by atoms with Gasteiger partial charge in [0.2, 0.25) is 0 Å². The zero-order valence-corrected chi connectivity index (χ0v) is 18.0. The summed E-state index contributed by atoms with van der Waals surface area (Å²) in [5.74, 6) is 0.992. The maximum atomic E-state index is 13.2. The number of furan rings is 1. The number of carbonyl (C=O) groups excluding carboxylic acids is 1. The molecule has 4 rings (SSSR count). The molecule has 3 N–H and O–H groups in total. The number of benzene rings is 2. The molecule has 5 heteroatoms. The number of allylic oxidation sites excluding steroid dienone is 1. The first kappa shape index (κ1) is 21.1. The number of hydrogen-bond donors (Lipinski definition) is 3. The molecule has 0 radical (unpaired) electrons. The van der Waals surface area contributed by atoms with Crippen LogP contribution in [0.5, 0.6) is 5.75 Å². The molecular formula is C26H28N2O3. The quantitative estimate of drug-likeness (QED) is 0.436. The Bertz CT molecular complexity index is 1190. The third-order valence-corrected chi connectivity index (χ3v) is 5.65. The van der Waals surface area contributed by atoms with Crippen molar-refractivity contribution in [3.8, 4) is 17.1 Å². The Hall–Kier alpha value is -3.15. The summed E-state index contributed by atoms with van der Waals surface area (Å²) in [6.07, 6.45) is 4.28. The minimum absolute atomic E-state index is 0.0406. The molecule has 1 aromatic heterocycles. The number of phenols is 1. The molecule has 5 nitrogen and oxygen atoms in total. The third kappa shape index (κ3) is 3.82. The Morgan fingerprint density at radius 3 is 2.58 bits per heavy atom. The molecule has 0 spiro atoms. The van der Waals surface area contributed by atoms with E-state index in [2.05, 4.69) is 24.1 Å². The van der Waals surface area contributed by atoms with E-state index in [1.165, 1.54) is 0 Å². The number of phenolic OH excluding ortho intramolecular Hbond substituents is 1. The van der Waals surface area contributed by atoms with Gasteiger partial charge in [-0.1, -0.05) is 26.0 Å². The van der Waals surface area contributed by atoms with Crippen LogP contribution in [0.2, 0.25) is 0 Å². The van der Waals surface area contributed by atoms with E-state index in [0.29, 0.717) is 30.8 Å². The molecule has 2 aromatic carbocycles. The lowest BCUT2D eigenvalue weighted by molar-refractivity contribution is 0.103. The predicted molar refractivity (Wildman–Crippen MR) is 125 cm³/mol. The first-order valence-corrected chi connectivity index (χ1v) is 10.8. The number of likely N-dealkylation sites (N-methyl/N-ethyl adjacent to an activating group) is 1. The van der Waals surface area contributed by atoms with Crippen molar-refractivity contribution in [3.05, 3.63) is 70.8 Å². The number of nitrogens with one attached hydrogen (secondary N) is 2. The lowest BCUT2D eigenvalue weighted by atomic mass is 9.88. The van der Waals surface area contributed by atoms with Crippen molar-refractivity contribution in [2.24, 2.45) is 0 Å². The molecule has 0 unspecified atom stereocenters. The second-order valence-electron chi connectivity index (χ2n) is 7.72. The molecule has 0 aliphatic heterocycles. The largest absolute Gasteiger partial charge is 0.508 e. The standard InChI is InChI=1S/C26H28N2O3/c1-4-7-16-12-17(9-11-22(16)29)25-21-13-19(15-28-6-3)24(30)20-10-8-18(14-27-5-2)26(31-25)23(20)21/h4,8-13,27-29H,1,5-7,14-15H2,2-3H3. The zero-order valence-electron chi connectivity index (χ0n) is 18.0. The highest BCUT2D eigenvalue weighted by Crippen LogP contribution is 2.42. The van der Waals surface area contributed by atoms with Gasteiger partial charge in [-0.25, -0.2) is 0 Å². The number of ketones is 1. The van der Waals surface area contributed by atoms with Crippen molar-refractivity contribution in [2.45, 2.75) is 26.8 Å². The van der Waals surface area contributed by atoms with Crippen molar-refractivity contribution < 1.29 is 14.3 Å². The minimum atomic E-state index is 0.0406. The lowest BCUT2D eigenvalue weighted by Crippen LogP contribution is -2.22. The number of rotatable bonds is 9. The molecule has 0 atom stereocenters. The molecule has 0 saturated carbocycles. The highest BCUT2D eigenvalue weighted by Gasteiger charge is 2.28. The minimum Gasteiger partial charge on any atom is -0.508 e. The van der Waals surface area contributed by atoms with Crippen LogP contribution in [-0.2, 0) is 13.0 Å². The van der Waals surface area contributed by atoms with Crippen LogP contribution in [0.15, 0.2) is 53.0 Å². The van der Waals surface area contributed by atoms with Gasteiger partial charge in [0.1, 0.15) is 17.1 Å². The first-order valence-electron chi connectivity index (χ1n) is 10.8. The first-order chi connectivity index (χ1) is 15.1. The Labute approximate surface area is 182 Å². The Kier molecular flexibility index (Phi) is 6.07. The van der Waals surface area contributed by atoms with Crippen molar-refractivity contribution in [2.75, 3.05) is 19.6 Å². The highest BCUT2D eigenvalue weighted by molar-refractivity contribution is 6.24. The van der Waals surface area contributed by atoms with E-state index in [0.717, 1.165) is 51.9 Å². The molecule has 1 aliphatic carbocycles. The van der Waals surface area contributed by atoms with Gasteiger partial charge in [-0.15, -0.1) is 6.58 Å². The van der Waals surface area contributed by atoms with Gasteiger partial charge in [-0.2, -0.15) is 0 Å². The van der Waals surface area contributed by atoms with Gasteiger partial charge in [0.05, 0.1) is 0 Å². The molecule has 0 fully saturated rings. The van der Waals surface area contributed by atoms with E-state index in [1.54, 1.807) is 12.1 Å². The van der Waals surface area contributed by atoms with E-state index in [4.69, 9.17) is 4.42 Å². The van der Waals surface area contributed by atoms with Gasteiger partial charge in [0, 0.05) is 46.3 Å². The van der Waals surface area contributed by atoms with Crippen LogP contribution in [0.3, 0.4) is 0 Å². The summed E-state index contributed by atoms with van der Waals surface area (Å²) in [5, 5.41) is 17.7. The van der Waals surface area contributed by atoms with Crippen LogP contribution in [-0.4, -0.2) is 30.5 Å². The van der Waals surface area contributed by atoms with E-state index < -0.39 is 0 Å². The van der Waals surface area contributed by atoms with E-state index in [9.17, 15) is 9.90 Å². The fourth-order valence-corrected chi connectivity index (χ4v) is 4.07. The molecular weight excluding hydrogens is 388 g/mol. The van der Waals surface area contributed by atoms with Crippen molar-refractivity contribution in [1.29, 1.82) is 0 Å². The fourth-order valence-electron chi connectivity index (χ4n) is 4.07. The summed E-state index contributed by atoms with van der Waals surface area (Å²) in [7, 11) is 0. The molecule has 31 heavy (non-hydrogen) atoms. The lowest BCUT2D eigenvalue weighted by Gasteiger charge is -2.15. The smallest absolute Gasteiger partial charge is 0.191 e. The van der Waals surface area contributed by atoms with Gasteiger partial charge in [0.15, 0.2) is 5.78 Å². The summed E-state index contributed by atoms with van der Waals surface area (Å²) in [6, 6.07) is 9.37. The van der Waals surface area contributed by atoms with Gasteiger partial charge >= 0.3 is 0 Å². The van der Waals surface area contributed by atoms with Crippen molar-refractivity contribution in [1.82, 2.24) is 10.6 Å². The van der Waals surface area contributed by atoms with E-state index in [1.807, 2.05) is 37.3 Å². The monoisotopic (exact) mass is 416 g/mol. The van der Waals surface area contributed by atoms with E-state index in [-0.39, 0.29) is 11.5 Å². The van der Waals surface area contributed by atoms with Crippen molar-refractivity contribution in [3.63, 3.8) is 0 Å². The van der Waals surface area contributed by atoms with Gasteiger partial charge in [-0.3, -0.25) is 4.79 Å². The Morgan fingerprint density at radius 1 is 1.06 bits per heavy atom. The number of carbonyl (C=O) groups is 1. The van der Waals surface area contributed by atoms with Crippen LogP contribution in [0.4, 0.5) is 0 Å². The normalized spacial score (nSPS) is 13.0. The Balaban J connectivity index is 1.95. The SMILES string of the molecule is C=CCc1cc(-c2oc3c(CNCC)ccc4c3c2C=C(CNCC)C4=O)ccc1O. The average Bonchev–Trinajstić information content (AvgIpc) is 3.16. The number of aromatic hydroxyl groups is 1. The number of Topliss-reactive ketones (excluding diaryl/α,β-unsaturated/α-hetero) is 1. The third-order valence-electron chi connectivity index (χ3n) is 5.65. The average molecular weight is 417 g/mol. The molecule has 160 valence electrons. The summed E-state index contributed by atoms with van der Waals surface area (Å²) in [6.45, 7) is 10.7. The number of hydrogen-bond acceptors (Lipinski definition) is 5. The molecule has 1 heterocycles. The maximum Gasteiger partial charge on any atom is 0.191 e. The maximum absolute atomic E-state index is 13.2. The van der Waals surface area contributed by atoms with Crippen LogP contribution in [0.25, 0.3) is 28.4 Å². The molecule has 3 aromatic rings. The zero-order chi connectivity index (χ0) is 22.0. The van der Waals surface area contributed by atoms with Crippen LogP contribution in [0.1, 0.15) is 40.9 Å². The van der Waals surface area contributed by atoms with Gasteiger partial charge in [-0.05, 0) is 55.4 Å². The van der Waals surface area contributed by atoms with E-state index >= 15 is 0 Å². The molecule has 0 bridgehead atoms. The molecule has 0 amide bonds. The Morgan fingerprint density at radius 2 is 1.84 bits per heavy atom. The van der Waals surface area contributed by atoms with Crippen LogP contribution < -0.4 is 10.6 Å². The van der Waals surface area contributed by atoms with Crippen LogP contribution in [0, 0.1) is 0 Å².